The Balaban J connectivity index is -0.000000720. The van der Waals surface area contributed by atoms with E-state index in [1.807, 2.05) is 0 Å². The van der Waals surface area contributed by atoms with E-state index in [-0.39, 0.29) is 37.8 Å². The van der Waals surface area contributed by atoms with Gasteiger partial charge >= 0.3 is 25.4 Å². The van der Waals surface area contributed by atoms with E-state index in [4.69, 9.17) is 5.11 Å². The van der Waals surface area contributed by atoms with Crippen molar-refractivity contribution in [1.29, 1.82) is 0 Å². The Morgan fingerprint density at radius 2 is 1.33 bits per heavy atom. The molecule has 5 nitrogen and oxygen atoms in total. The Bertz CT molecular complexity index is 154. The minimum atomic E-state index is -1.01. The van der Waals surface area contributed by atoms with Gasteiger partial charge in [0.05, 0.1) is 0 Å². The van der Waals surface area contributed by atoms with Crippen molar-refractivity contribution in [2.45, 2.75) is 44.9 Å². The van der Waals surface area contributed by atoms with Gasteiger partial charge in [0.15, 0.2) is 0 Å². The number of carbonyl (C=O) groups is 2. The van der Waals surface area contributed by atoms with E-state index in [9.17, 15) is 14.7 Å². The Labute approximate surface area is 102 Å². The van der Waals surface area contributed by atoms with Gasteiger partial charge in [0.25, 0.3) is 0 Å². The summed E-state index contributed by atoms with van der Waals surface area (Å²) in [6.07, 6.45) is 4.24. The van der Waals surface area contributed by atoms with Gasteiger partial charge in [0.1, 0.15) is 0 Å². The molecule has 0 heterocycles. The van der Waals surface area contributed by atoms with Gasteiger partial charge in [-0.1, -0.05) is 19.3 Å². The molecular weight excluding hydrogens is 253 g/mol. The maximum absolute atomic E-state index is 10.1. The van der Waals surface area contributed by atoms with Crippen LogP contribution in [0.15, 0.2) is 0 Å². The van der Waals surface area contributed by atoms with E-state index in [0.717, 1.165) is 19.3 Å². The molecule has 0 aliphatic carbocycles. The molecule has 0 bridgehead atoms. The second-order valence-electron chi connectivity index (χ2n) is 3.03. The maximum atomic E-state index is 10.1. The van der Waals surface area contributed by atoms with Crippen molar-refractivity contribution < 1.29 is 44.8 Å². The zero-order valence-corrected chi connectivity index (χ0v) is 11.7. The van der Waals surface area contributed by atoms with E-state index in [1.165, 1.54) is 0 Å². The number of aliphatic carboxylic acids is 2. The van der Waals surface area contributed by atoms with E-state index in [2.05, 4.69) is 0 Å². The van der Waals surface area contributed by atoms with Crippen molar-refractivity contribution >= 4 is 11.9 Å². The monoisotopic (exact) mass is 268 g/mol. The van der Waals surface area contributed by atoms with E-state index < -0.39 is 11.9 Å². The molecule has 84 valence electrons. The number of carboxylic acids is 2. The third-order valence-corrected chi connectivity index (χ3v) is 1.77. The van der Waals surface area contributed by atoms with Crippen LogP contribution in [-0.2, 0) is 29.1 Å². The molecule has 2 N–H and O–H groups in total. The molecule has 0 spiro atoms. The first-order valence-corrected chi connectivity index (χ1v) is 4.54. The van der Waals surface area contributed by atoms with Crippen LogP contribution < -0.4 is 5.11 Å². The first kappa shape index (κ1) is 20.0. The number of hydrogen-bond acceptors (Lipinski definition) is 4. The summed E-state index contributed by atoms with van der Waals surface area (Å²) in [5, 5.41) is 18.3. The molecule has 0 amide bonds. The molecule has 0 aliphatic rings. The first-order chi connectivity index (χ1) is 6.13. The second kappa shape index (κ2) is 13.5. The number of rotatable bonds is 8. The van der Waals surface area contributed by atoms with Crippen LogP contribution in [-0.4, -0.2) is 22.5 Å². The van der Waals surface area contributed by atoms with Crippen LogP contribution in [0.2, 0.25) is 0 Å². The number of carboxylic acid groups (broad SMARTS) is 2. The van der Waals surface area contributed by atoms with Gasteiger partial charge in [-0.3, -0.25) is 4.79 Å². The smallest absolute Gasteiger partial charge is 0.870 e. The van der Waals surface area contributed by atoms with Crippen molar-refractivity contribution in [2.24, 2.45) is 0 Å². The van der Waals surface area contributed by atoms with Crippen LogP contribution >= 0.6 is 0 Å². The number of unbranched alkanes of at least 4 members (excludes halogenated alkanes) is 4. The summed E-state index contributed by atoms with van der Waals surface area (Å²) in [5.41, 5.74) is 0. The van der Waals surface area contributed by atoms with Crippen LogP contribution in [0.3, 0.4) is 0 Å². The summed E-state index contributed by atoms with van der Waals surface area (Å²) in [5.74, 6) is -1.78. The van der Waals surface area contributed by atoms with Gasteiger partial charge < -0.3 is 20.5 Å². The summed E-state index contributed by atoms with van der Waals surface area (Å²) in [6.45, 7) is 0. The fourth-order valence-corrected chi connectivity index (χ4v) is 1.08. The van der Waals surface area contributed by atoms with Gasteiger partial charge in [-0.2, -0.15) is 0 Å². The van der Waals surface area contributed by atoms with Crippen molar-refractivity contribution in [3.63, 3.8) is 0 Å². The average molecular weight is 270 g/mol. The van der Waals surface area contributed by atoms with Gasteiger partial charge in [-0.05, 0) is 19.3 Å². The normalized spacial score (nSPS) is 8.53. The molecule has 15 heavy (non-hydrogen) atoms. The van der Waals surface area contributed by atoms with E-state index >= 15 is 0 Å². The van der Waals surface area contributed by atoms with Crippen molar-refractivity contribution in [2.75, 3.05) is 0 Å². The van der Waals surface area contributed by atoms with Gasteiger partial charge in [0.2, 0.25) is 0 Å². The number of hydrogen-bond donors (Lipinski definition) is 1. The molecule has 0 unspecified atom stereocenters. The van der Waals surface area contributed by atoms with Crippen LogP contribution in [0.5, 0.6) is 0 Å². The van der Waals surface area contributed by atoms with Gasteiger partial charge in [0, 0.05) is 12.4 Å². The van der Waals surface area contributed by atoms with Crippen LogP contribution in [0, 0.1) is 0 Å². The first-order valence-electron chi connectivity index (χ1n) is 4.54. The SMILES string of the molecule is O=C([O-])CCCCCCCC(=O)O.[OH-].[Zn+2]. The molecule has 0 rings (SSSR count). The van der Waals surface area contributed by atoms with Crippen molar-refractivity contribution in [3.8, 4) is 0 Å². The molecule has 0 fully saturated rings. The summed E-state index contributed by atoms with van der Waals surface area (Å²) < 4.78 is 0. The standard InChI is InChI=1S/C9H16O4.H2O.Zn/c10-8(11)6-4-2-1-3-5-7-9(12)13;;/h1-7H2,(H,10,11)(H,12,13);1H2;/q;;+2/p-2. The molecule has 0 saturated heterocycles. The zero-order chi connectivity index (χ0) is 10.1. The number of carbonyl (C=O) groups excluding carboxylic acids is 1. The molecular formula is C9H16O5Zn. The second-order valence-corrected chi connectivity index (χ2v) is 3.03. The third-order valence-electron chi connectivity index (χ3n) is 1.77. The largest absolute Gasteiger partial charge is 2.00 e. The van der Waals surface area contributed by atoms with Gasteiger partial charge in [-0.25, -0.2) is 0 Å². The van der Waals surface area contributed by atoms with Crippen LogP contribution in [0.1, 0.15) is 44.9 Å². The van der Waals surface area contributed by atoms with Crippen molar-refractivity contribution in [3.05, 3.63) is 0 Å². The molecule has 0 aromatic carbocycles. The predicted molar refractivity (Wildman–Crippen MR) is 46.9 cm³/mol. The Hall–Kier alpha value is -0.477. The summed E-state index contributed by atoms with van der Waals surface area (Å²) >= 11 is 0. The molecule has 0 aliphatic heterocycles. The molecule has 0 aromatic heterocycles. The van der Waals surface area contributed by atoms with Crippen molar-refractivity contribution in [1.82, 2.24) is 0 Å². The molecule has 6 heteroatoms. The average Bonchev–Trinajstić information content (AvgIpc) is 2.01. The summed E-state index contributed by atoms with van der Waals surface area (Å²) in [6, 6.07) is 0. The van der Waals surface area contributed by atoms with Crippen LogP contribution in [0.4, 0.5) is 0 Å². The van der Waals surface area contributed by atoms with E-state index in [1.54, 1.807) is 0 Å². The maximum Gasteiger partial charge on any atom is 2.00 e. The topological polar surface area (TPSA) is 107 Å². The third kappa shape index (κ3) is 19.8. The predicted octanol–water partition coefficient (Wildman–Crippen LogP) is 0.372. The fraction of sp³-hybridized carbons (Fsp3) is 0.778. The molecule has 0 aromatic rings. The summed E-state index contributed by atoms with van der Waals surface area (Å²) in [7, 11) is 0. The minimum Gasteiger partial charge on any atom is -0.870 e. The molecule has 0 atom stereocenters. The Kier molecular flexibility index (Phi) is 18.0. The molecule has 0 radical (unpaired) electrons. The Morgan fingerprint density at radius 1 is 0.933 bits per heavy atom. The Morgan fingerprint density at radius 3 is 1.73 bits per heavy atom. The van der Waals surface area contributed by atoms with Gasteiger partial charge in [-0.15, -0.1) is 0 Å². The molecule has 0 saturated carbocycles. The summed E-state index contributed by atoms with van der Waals surface area (Å²) in [4.78, 5) is 20.1. The van der Waals surface area contributed by atoms with E-state index in [0.29, 0.717) is 12.8 Å². The zero-order valence-electron chi connectivity index (χ0n) is 8.78. The van der Waals surface area contributed by atoms with Crippen LogP contribution in [0.25, 0.3) is 0 Å². The quantitative estimate of drug-likeness (QED) is 0.506. The minimum absolute atomic E-state index is 0. The fourth-order valence-electron chi connectivity index (χ4n) is 1.08.